The number of pyridine rings is 1. The van der Waals surface area contributed by atoms with Crippen molar-refractivity contribution in [1.29, 1.82) is 0 Å². The van der Waals surface area contributed by atoms with Crippen molar-refractivity contribution in [2.75, 3.05) is 7.11 Å². The topological polar surface area (TPSA) is 116 Å². The predicted octanol–water partition coefficient (Wildman–Crippen LogP) is 2.19. The predicted molar refractivity (Wildman–Crippen MR) is 107 cm³/mol. The highest BCUT2D eigenvalue weighted by atomic mass is 32.2. The average Bonchev–Trinajstić information content (AvgIpc) is 3.12. The first-order valence-corrected chi connectivity index (χ1v) is 9.59. The van der Waals surface area contributed by atoms with Crippen LogP contribution in [0.1, 0.15) is 16.2 Å². The Hall–Kier alpha value is -3.53. The van der Waals surface area contributed by atoms with Crippen molar-refractivity contribution in [1.82, 2.24) is 29.7 Å². The summed E-state index contributed by atoms with van der Waals surface area (Å²) in [6, 6.07) is 8.38. The first-order chi connectivity index (χ1) is 14.1. The molecule has 0 aliphatic rings. The lowest BCUT2D eigenvalue weighted by Crippen LogP contribution is -2.12. The minimum Gasteiger partial charge on any atom is -0.465 e. The van der Waals surface area contributed by atoms with Crippen LogP contribution in [0.3, 0.4) is 0 Å². The molecule has 146 valence electrons. The first-order valence-electron chi connectivity index (χ1n) is 8.60. The summed E-state index contributed by atoms with van der Waals surface area (Å²) in [4.78, 5) is 35.3. The van der Waals surface area contributed by atoms with Gasteiger partial charge < -0.3 is 14.3 Å². The third-order valence-corrected chi connectivity index (χ3v) is 5.32. The molecule has 0 radical (unpaired) electrons. The molecule has 3 aromatic heterocycles. The summed E-state index contributed by atoms with van der Waals surface area (Å²) in [5.41, 5.74) is 1.42. The molecule has 4 rings (SSSR count). The van der Waals surface area contributed by atoms with Crippen molar-refractivity contribution in [3.05, 3.63) is 64.5 Å². The summed E-state index contributed by atoms with van der Waals surface area (Å²) in [7, 11) is 3.18. The fraction of sp³-hybridized carbons (Fsp3) is 0.158. The van der Waals surface area contributed by atoms with Crippen molar-refractivity contribution in [3.63, 3.8) is 0 Å². The van der Waals surface area contributed by atoms with Gasteiger partial charge in [0, 0.05) is 25.0 Å². The summed E-state index contributed by atoms with van der Waals surface area (Å²) in [6.07, 6.45) is 3.40. The molecule has 4 aromatic rings. The van der Waals surface area contributed by atoms with Gasteiger partial charge in [0.25, 0.3) is 5.56 Å². The number of nitrogens with zero attached hydrogens (tertiary/aromatic N) is 5. The van der Waals surface area contributed by atoms with Gasteiger partial charge in [0.15, 0.2) is 11.0 Å². The molecule has 1 aromatic carbocycles. The number of H-pyrrole nitrogens is 1. The Morgan fingerprint density at radius 3 is 2.76 bits per heavy atom. The fourth-order valence-electron chi connectivity index (χ4n) is 2.83. The van der Waals surface area contributed by atoms with E-state index in [-0.39, 0.29) is 5.56 Å². The minimum absolute atomic E-state index is 0.266. The van der Waals surface area contributed by atoms with E-state index in [4.69, 9.17) is 4.74 Å². The molecule has 0 saturated carbocycles. The number of rotatable bonds is 5. The van der Waals surface area contributed by atoms with E-state index >= 15 is 0 Å². The highest BCUT2D eigenvalue weighted by Gasteiger charge is 2.13. The summed E-state index contributed by atoms with van der Waals surface area (Å²) < 4.78 is 6.59. The van der Waals surface area contributed by atoms with Crippen molar-refractivity contribution in [3.8, 4) is 11.4 Å². The highest BCUT2D eigenvalue weighted by molar-refractivity contribution is 7.98. The normalized spacial score (nSPS) is 11.0. The zero-order valence-corrected chi connectivity index (χ0v) is 16.4. The molecular formula is C19H16N6O3S. The molecule has 0 amide bonds. The van der Waals surface area contributed by atoms with Gasteiger partial charge in [0.2, 0.25) is 0 Å². The van der Waals surface area contributed by atoms with Crippen LogP contribution in [0.15, 0.2) is 52.7 Å². The van der Waals surface area contributed by atoms with E-state index in [1.807, 2.05) is 23.7 Å². The van der Waals surface area contributed by atoms with Gasteiger partial charge in [-0.15, -0.1) is 10.2 Å². The van der Waals surface area contributed by atoms with Crippen LogP contribution in [0, 0.1) is 0 Å². The molecule has 3 heterocycles. The van der Waals surface area contributed by atoms with Gasteiger partial charge in [0.05, 0.1) is 29.3 Å². The molecule has 9 nitrogen and oxygen atoms in total. The smallest absolute Gasteiger partial charge is 0.337 e. The zero-order chi connectivity index (χ0) is 20.4. The van der Waals surface area contributed by atoms with Gasteiger partial charge in [-0.25, -0.2) is 9.78 Å². The number of carbonyl (C=O) groups is 1. The van der Waals surface area contributed by atoms with E-state index in [2.05, 4.69) is 25.1 Å². The number of hydrogen-bond acceptors (Lipinski definition) is 8. The molecule has 0 atom stereocenters. The van der Waals surface area contributed by atoms with Crippen molar-refractivity contribution in [2.24, 2.45) is 7.05 Å². The van der Waals surface area contributed by atoms with Crippen molar-refractivity contribution < 1.29 is 9.53 Å². The van der Waals surface area contributed by atoms with Crippen LogP contribution in [0.4, 0.5) is 0 Å². The van der Waals surface area contributed by atoms with Gasteiger partial charge in [-0.1, -0.05) is 11.8 Å². The van der Waals surface area contributed by atoms with Crippen LogP contribution >= 0.6 is 11.8 Å². The number of hydrogen-bond donors (Lipinski definition) is 1. The molecule has 0 unspecified atom stereocenters. The SMILES string of the molecule is COC(=O)c1ccc2c(=O)[nH]c(CSc3nnc(-c4ccncc4)n3C)nc2c1. The van der Waals surface area contributed by atoms with E-state index < -0.39 is 5.97 Å². The molecule has 1 N–H and O–H groups in total. The number of aromatic amines is 1. The molecule has 10 heteroatoms. The van der Waals surface area contributed by atoms with Crippen LogP contribution < -0.4 is 5.56 Å². The van der Waals surface area contributed by atoms with Crippen LogP contribution in [0.2, 0.25) is 0 Å². The lowest BCUT2D eigenvalue weighted by molar-refractivity contribution is 0.0601. The first kappa shape index (κ1) is 18.8. The number of carbonyl (C=O) groups excluding carboxylic acids is 1. The van der Waals surface area contributed by atoms with Crippen molar-refractivity contribution >= 4 is 28.6 Å². The van der Waals surface area contributed by atoms with Crippen molar-refractivity contribution in [2.45, 2.75) is 10.9 Å². The zero-order valence-electron chi connectivity index (χ0n) is 15.6. The summed E-state index contributed by atoms with van der Waals surface area (Å²) >= 11 is 1.40. The van der Waals surface area contributed by atoms with Crippen LogP contribution in [-0.4, -0.2) is 42.8 Å². The Morgan fingerprint density at radius 1 is 1.21 bits per heavy atom. The van der Waals surface area contributed by atoms with Gasteiger partial charge in [0.1, 0.15) is 5.82 Å². The van der Waals surface area contributed by atoms with E-state index in [0.29, 0.717) is 33.2 Å². The Bertz CT molecular complexity index is 1250. The lowest BCUT2D eigenvalue weighted by atomic mass is 10.1. The molecule has 29 heavy (non-hydrogen) atoms. The molecule has 0 spiro atoms. The Kier molecular flexibility index (Phi) is 5.09. The number of benzene rings is 1. The monoisotopic (exact) mass is 408 g/mol. The largest absolute Gasteiger partial charge is 0.465 e. The second kappa shape index (κ2) is 7.84. The number of thioether (sulfide) groups is 1. The Balaban J connectivity index is 1.59. The van der Waals surface area contributed by atoms with Gasteiger partial charge in [-0.3, -0.25) is 9.78 Å². The number of ether oxygens (including phenoxy) is 1. The van der Waals surface area contributed by atoms with E-state index in [1.54, 1.807) is 30.6 Å². The Morgan fingerprint density at radius 2 is 2.00 bits per heavy atom. The molecular weight excluding hydrogens is 392 g/mol. The van der Waals surface area contributed by atoms with Gasteiger partial charge in [-0.05, 0) is 30.3 Å². The average molecular weight is 408 g/mol. The second-order valence-electron chi connectivity index (χ2n) is 6.13. The summed E-state index contributed by atoms with van der Waals surface area (Å²) in [5, 5.41) is 9.53. The summed E-state index contributed by atoms with van der Waals surface area (Å²) in [5.74, 6) is 1.10. The minimum atomic E-state index is -0.479. The maximum absolute atomic E-state index is 12.4. The number of methoxy groups -OCH3 is 1. The van der Waals surface area contributed by atoms with Gasteiger partial charge in [-0.2, -0.15) is 0 Å². The van der Waals surface area contributed by atoms with E-state index in [1.165, 1.54) is 18.9 Å². The fourth-order valence-corrected chi connectivity index (χ4v) is 3.61. The van der Waals surface area contributed by atoms with Crippen LogP contribution in [0.25, 0.3) is 22.3 Å². The molecule has 0 fully saturated rings. The van der Waals surface area contributed by atoms with Crippen LogP contribution in [0.5, 0.6) is 0 Å². The van der Waals surface area contributed by atoms with E-state index in [9.17, 15) is 9.59 Å². The number of nitrogens with one attached hydrogen (secondary N) is 1. The third kappa shape index (κ3) is 3.74. The van der Waals surface area contributed by atoms with Gasteiger partial charge >= 0.3 is 5.97 Å². The lowest BCUT2D eigenvalue weighted by Gasteiger charge is -2.05. The highest BCUT2D eigenvalue weighted by Crippen LogP contribution is 2.24. The number of aromatic nitrogens is 6. The quantitative estimate of drug-likeness (QED) is 0.395. The second-order valence-corrected chi connectivity index (χ2v) is 7.07. The number of esters is 1. The Labute approximate surface area is 169 Å². The standard InChI is InChI=1S/C19H16N6O3S/c1-25-16(11-5-7-20-8-6-11)23-24-19(25)29-10-15-21-14-9-12(18(27)28-2)3-4-13(14)17(26)22-15/h3-9H,10H2,1-2H3,(H,21,22,26). The maximum atomic E-state index is 12.4. The molecule has 0 aliphatic carbocycles. The third-order valence-electron chi connectivity index (χ3n) is 4.29. The van der Waals surface area contributed by atoms with E-state index in [0.717, 1.165) is 11.4 Å². The molecule has 0 saturated heterocycles. The summed E-state index contributed by atoms with van der Waals surface area (Å²) in [6.45, 7) is 0. The molecule has 0 aliphatic heterocycles. The number of fused-ring (bicyclic) bond motifs is 1. The molecule has 0 bridgehead atoms. The van der Waals surface area contributed by atoms with Crippen LogP contribution in [-0.2, 0) is 17.5 Å². The maximum Gasteiger partial charge on any atom is 0.337 e.